The van der Waals surface area contributed by atoms with Crippen molar-refractivity contribution in [3.63, 3.8) is 0 Å². The molecule has 0 aliphatic heterocycles. The summed E-state index contributed by atoms with van der Waals surface area (Å²) in [5.74, 6) is 0. The van der Waals surface area contributed by atoms with E-state index in [1.807, 2.05) is 14.0 Å². The van der Waals surface area contributed by atoms with E-state index in [-0.39, 0.29) is 11.0 Å². The van der Waals surface area contributed by atoms with E-state index in [0.717, 1.165) is 24.1 Å². The first-order chi connectivity index (χ1) is 6.79. The molecule has 1 fully saturated rings. The van der Waals surface area contributed by atoms with Gasteiger partial charge in [0.2, 0.25) is 0 Å². The van der Waals surface area contributed by atoms with Crippen LogP contribution < -0.4 is 5.73 Å². The number of hydrogen-bond donors (Lipinski definition) is 1. The third-order valence-corrected chi connectivity index (χ3v) is 4.24. The van der Waals surface area contributed by atoms with Crippen molar-refractivity contribution in [2.75, 3.05) is 0 Å². The van der Waals surface area contributed by atoms with Crippen molar-refractivity contribution in [3.05, 3.63) is 16.4 Å². The van der Waals surface area contributed by atoms with Crippen LogP contribution in [0.4, 0.5) is 0 Å². The zero-order chi connectivity index (χ0) is 11.4. The number of aryl methyl sites for hydroxylation is 2. The molecule has 0 amide bonds. The minimum atomic E-state index is -0.0948. The Morgan fingerprint density at radius 3 is 2.33 bits per heavy atom. The molecule has 1 aliphatic rings. The molecule has 1 aromatic rings. The van der Waals surface area contributed by atoms with E-state index in [2.05, 4.69) is 18.9 Å². The average Bonchev–Trinajstić information content (AvgIpc) is 2.78. The smallest absolute Gasteiger partial charge is 0.130 e. The van der Waals surface area contributed by atoms with Gasteiger partial charge in [-0.25, -0.2) is 0 Å². The average molecular weight is 228 g/mol. The summed E-state index contributed by atoms with van der Waals surface area (Å²) >= 11 is 6.28. The van der Waals surface area contributed by atoms with Crippen LogP contribution in [0.15, 0.2) is 0 Å². The van der Waals surface area contributed by atoms with Crippen LogP contribution >= 0.6 is 11.6 Å². The highest BCUT2D eigenvalue weighted by Crippen LogP contribution is 2.51. The molecule has 0 unspecified atom stereocenters. The van der Waals surface area contributed by atoms with Gasteiger partial charge in [0.1, 0.15) is 5.15 Å². The van der Waals surface area contributed by atoms with Gasteiger partial charge in [0.15, 0.2) is 0 Å². The number of aromatic nitrogens is 2. The Morgan fingerprint density at radius 1 is 1.47 bits per heavy atom. The zero-order valence-corrected chi connectivity index (χ0v) is 10.5. The van der Waals surface area contributed by atoms with Crippen LogP contribution in [0.1, 0.15) is 37.9 Å². The van der Waals surface area contributed by atoms with Crippen molar-refractivity contribution >= 4 is 11.6 Å². The topological polar surface area (TPSA) is 43.8 Å². The van der Waals surface area contributed by atoms with E-state index in [9.17, 15) is 0 Å². The molecule has 1 aromatic heterocycles. The number of hydrogen-bond acceptors (Lipinski definition) is 2. The minimum absolute atomic E-state index is 0.0928. The first-order valence-corrected chi connectivity index (χ1v) is 5.66. The monoisotopic (exact) mass is 227 g/mol. The fourth-order valence-corrected chi connectivity index (χ4v) is 2.76. The highest BCUT2D eigenvalue weighted by molar-refractivity contribution is 6.30. The molecule has 0 aromatic carbocycles. The fourth-order valence-electron chi connectivity index (χ4n) is 2.35. The van der Waals surface area contributed by atoms with Gasteiger partial charge in [0, 0.05) is 23.6 Å². The standard InChI is InChI=1S/C11H18ClN3/c1-7-8(9(12)15(4)14-7)10(2,3)11(13)5-6-11/h5-6,13H2,1-4H3. The summed E-state index contributed by atoms with van der Waals surface area (Å²) in [6, 6.07) is 0. The summed E-state index contributed by atoms with van der Waals surface area (Å²) in [5, 5.41) is 5.06. The Kier molecular flexibility index (Phi) is 2.18. The van der Waals surface area contributed by atoms with E-state index in [0.29, 0.717) is 5.15 Å². The lowest BCUT2D eigenvalue weighted by molar-refractivity contribution is 0.389. The lowest BCUT2D eigenvalue weighted by Crippen LogP contribution is -2.43. The summed E-state index contributed by atoms with van der Waals surface area (Å²) in [4.78, 5) is 0. The van der Waals surface area contributed by atoms with E-state index in [4.69, 9.17) is 17.3 Å². The molecule has 0 atom stereocenters. The quantitative estimate of drug-likeness (QED) is 0.842. The Hall–Kier alpha value is -0.540. The van der Waals surface area contributed by atoms with Crippen LogP contribution in [-0.2, 0) is 12.5 Å². The zero-order valence-electron chi connectivity index (χ0n) is 9.76. The van der Waals surface area contributed by atoms with Gasteiger partial charge in [-0.2, -0.15) is 5.10 Å². The van der Waals surface area contributed by atoms with Crippen molar-refractivity contribution in [1.82, 2.24) is 9.78 Å². The minimum Gasteiger partial charge on any atom is -0.324 e. The van der Waals surface area contributed by atoms with Crippen LogP contribution in [0.5, 0.6) is 0 Å². The molecule has 0 bridgehead atoms. The summed E-state index contributed by atoms with van der Waals surface area (Å²) in [6.45, 7) is 6.32. The number of nitrogens with two attached hydrogens (primary N) is 1. The first kappa shape index (κ1) is 11.0. The van der Waals surface area contributed by atoms with Gasteiger partial charge in [-0.3, -0.25) is 4.68 Å². The van der Waals surface area contributed by atoms with E-state index < -0.39 is 0 Å². The molecule has 3 nitrogen and oxygen atoms in total. The summed E-state index contributed by atoms with van der Waals surface area (Å²) in [6.07, 6.45) is 2.15. The van der Waals surface area contributed by atoms with Gasteiger partial charge < -0.3 is 5.73 Å². The molecule has 4 heteroatoms. The Bertz CT molecular complexity index is 402. The van der Waals surface area contributed by atoms with Crippen LogP contribution in [-0.4, -0.2) is 15.3 Å². The highest BCUT2D eigenvalue weighted by Gasteiger charge is 2.53. The van der Waals surface area contributed by atoms with Crippen molar-refractivity contribution < 1.29 is 0 Å². The normalized spacial score (nSPS) is 19.3. The molecule has 1 saturated carbocycles. The van der Waals surface area contributed by atoms with E-state index in [1.54, 1.807) is 4.68 Å². The molecule has 15 heavy (non-hydrogen) atoms. The maximum absolute atomic E-state index is 6.31. The maximum atomic E-state index is 6.31. The predicted octanol–water partition coefficient (Wildman–Crippen LogP) is 2.15. The van der Waals surface area contributed by atoms with Gasteiger partial charge in [0.05, 0.1) is 5.69 Å². The van der Waals surface area contributed by atoms with Crippen molar-refractivity contribution in [1.29, 1.82) is 0 Å². The van der Waals surface area contributed by atoms with Crippen LogP contribution in [0.2, 0.25) is 5.15 Å². The maximum Gasteiger partial charge on any atom is 0.130 e. The molecule has 0 radical (unpaired) electrons. The van der Waals surface area contributed by atoms with Crippen molar-refractivity contribution in [3.8, 4) is 0 Å². The fraction of sp³-hybridized carbons (Fsp3) is 0.727. The second kappa shape index (κ2) is 2.98. The van der Waals surface area contributed by atoms with E-state index >= 15 is 0 Å². The Labute approximate surface area is 95.6 Å². The Balaban J connectivity index is 2.53. The van der Waals surface area contributed by atoms with Gasteiger partial charge in [-0.05, 0) is 19.8 Å². The Morgan fingerprint density at radius 2 is 2.00 bits per heavy atom. The molecule has 0 saturated heterocycles. The molecular formula is C11H18ClN3. The van der Waals surface area contributed by atoms with Gasteiger partial charge in [0.25, 0.3) is 0 Å². The van der Waals surface area contributed by atoms with Gasteiger partial charge >= 0.3 is 0 Å². The molecule has 84 valence electrons. The second-order valence-corrected chi connectivity index (χ2v) is 5.51. The molecule has 1 aliphatic carbocycles. The lowest BCUT2D eigenvalue weighted by Gasteiger charge is -2.32. The number of nitrogens with zero attached hydrogens (tertiary/aromatic N) is 2. The number of rotatable bonds is 2. The molecule has 2 N–H and O–H groups in total. The SMILES string of the molecule is Cc1nn(C)c(Cl)c1C(C)(C)C1(N)CC1. The summed E-state index contributed by atoms with van der Waals surface area (Å²) in [7, 11) is 1.87. The number of halogens is 1. The van der Waals surface area contributed by atoms with E-state index in [1.165, 1.54) is 0 Å². The molecule has 0 spiro atoms. The molecule has 1 heterocycles. The third kappa shape index (κ3) is 1.41. The molecule has 2 rings (SSSR count). The second-order valence-electron chi connectivity index (χ2n) is 5.16. The highest BCUT2D eigenvalue weighted by atomic mass is 35.5. The molecular weight excluding hydrogens is 210 g/mol. The predicted molar refractivity (Wildman–Crippen MR) is 62.1 cm³/mol. The van der Waals surface area contributed by atoms with Gasteiger partial charge in [-0.15, -0.1) is 0 Å². The van der Waals surface area contributed by atoms with Gasteiger partial charge in [-0.1, -0.05) is 25.4 Å². The van der Waals surface area contributed by atoms with Crippen molar-refractivity contribution in [2.24, 2.45) is 12.8 Å². The largest absolute Gasteiger partial charge is 0.324 e. The lowest BCUT2D eigenvalue weighted by atomic mass is 9.76. The van der Waals surface area contributed by atoms with Crippen LogP contribution in [0.3, 0.4) is 0 Å². The first-order valence-electron chi connectivity index (χ1n) is 5.28. The third-order valence-electron chi connectivity index (χ3n) is 3.81. The van der Waals surface area contributed by atoms with Crippen LogP contribution in [0, 0.1) is 6.92 Å². The van der Waals surface area contributed by atoms with Crippen LogP contribution in [0.25, 0.3) is 0 Å². The summed E-state index contributed by atoms with van der Waals surface area (Å²) < 4.78 is 1.72. The summed E-state index contributed by atoms with van der Waals surface area (Å²) in [5.41, 5.74) is 8.21. The van der Waals surface area contributed by atoms with Crippen molar-refractivity contribution in [2.45, 2.75) is 44.6 Å².